The van der Waals surface area contributed by atoms with Crippen LogP contribution in [0.4, 0.5) is 5.69 Å². The molecule has 2 aliphatic carbocycles. The van der Waals surface area contributed by atoms with E-state index in [4.69, 9.17) is 21.1 Å². The Hall–Kier alpha value is -3.81. The van der Waals surface area contributed by atoms with Gasteiger partial charge in [-0.05, 0) is 85.1 Å². The monoisotopic (exact) mass is 610 g/mol. The zero-order chi connectivity index (χ0) is 30.5. The molecule has 1 spiro atoms. The Morgan fingerprint density at radius 3 is 2.64 bits per heavy atom. The number of nitrogens with one attached hydrogen (secondary N) is 1. The smallest absolute Gasteiger partial charge is 0.341 e. The summed E-state index contributed by atoms with van der Waals surface area (Å²) in [4.78, 5) is 25.4. The van der Waals surface area contributed by atoms with E-state index >= 15 is 0 Å². The van der Waals surface area contributed by atoms with Crippen LogP contribution in [0.25, 0.3) is 16.6 Å². The molecule has 0 unspecified atom stereocenters. The number of aromatic amines is 1. The molecule has 1 aliphatic heterocycles. The van der Waals surface area contributed by atoms with Crippen LogP contribution in [0.5, 0.6) is 11.5 Å². The number of carbonyl (C=O) groups is 1. The van der Waals surface area contributed by atoms with E-state index in [9.17, 15) is 4.79 Å². The number of ether oxygens (including phenoxy) is 2. The van der Waals surface area contributed by atoms with Crippen LogP contribution in [-0.4, -0.2) is 59.7 Å². The zero-order valence-corrected chi connectivity index (χ0v) is 26.4. The summed E-state index contributed by atoms with van der Waals surface area (Å²) in [6, 6.07) is 18.1. The summed E-state index contributed by atoms with van der Waals surface area (Å²) in [7, 11) is 1.39. The van der Waals surface area contributed by atoms with Crippen molar-refractivity contribution in [2.24, 2.45) is 5.41 Å². The van der Waals surface area contributed by atoms with Crippen LogP contribution in [0, 0.1) is 5.41 Å². The number of carbonyl (C=O) groups excluding carboxylic acids is 1. The summed E-state index contributed by atoms with van der Waals surface area (Å²) >= 11 is 6.24. The molecule has 2 fully saturated rings. The van der Waals surface area contributed by atoms with Gasteiger partial charge in [0.1, 0.15) is 22.7 Å². The van der Waals surface area contributed by atoms with Crippen LogP contribution in [0.3, 0.4) is 0 Å². The summed E-state index contributed by atoms with van der Waals surface area (Å²) in [6.07, 6.45) is 9.37. The molecule has 1 saturated carbocycles. The second-order valence-corrected chi connectivity index (χ2v) is 13.8. The molecule has 7 rings (SSSR count). The fourth-order valence-electron chi connectivity index (χ4n) is 6.97. The number of piperazine rings is 1. The average Bonchev–Trinajstić information content (AvgIpc) is 3.62. The fourth-order valence-corrected chi connectivity index (χ4v) is 7.09. The topological polar surface area (TPSA) is 70.7 Å². The number of aromatic nitrogens is 2. The highest BCUT2D eigenvalue weighted by atomic mass is 35.5. The molecular formula is C36H39ClN4O3. The van der Waals surface area contributed by atoms with Crippen molar-refractivity contribution < 1.29 is 14.3 Å². The Bertz CT molecular complexity index is 1740. The molecule has 0 atom stereocenters. The number of halogens is 1. The van der Waals surface area contributed by atoms with E-state index in [2.05, 4.69) is 45.7 Å². The van der Waals surface area contributed by atoms with Crippen molar-refractivity contribution in [1.82, 2.24) is 14.9 Å². The first-order valence-electron chi connectivity index (χ1n) is 15.5. The van der Waals surface area contributed by atoms with Crippen LogP contribution < -0.4 is 9.64 Å². The van der Waals surface area contributed by atoms with Gasteiger partial charge in [0, 0.05) is 60.1 Å². The van der Waals surface area contributed by atoms with Crippen molar-refractivity contribution in [3.8, 4) is 11.5 Å². The molecule has 0 bridgehead atoms. The molecule has 7 nitrogen and oxygen atoms in total. The molecule has 3 aliphatic rings. The van der Waals surface area contributed by atoms with E-state index in [1.54, 1.807) is 11.8 Å². The number of rotatable bonds is 7. The van der Waals surface area contributed by atoms with Gasteiger partial charge in [0.25, 0.3) is 0 Å². The molecule has 8 heteroatoms. The van der Waals surface area contributed by atoms with Crippen molar-refractivity contribution in [1.29, 1.82) is 0 Å². The molecule has 44 heavy (non-hydrogen) atoms. The maximum Gasteiger partial charge on any atom is 0.341 e. The number of hydrogen-bond acceptors (Lipinski definition) is 6. The van der Waals surface area contributed by atoms with Crippen LogP contribution in [0.1, 0.15) is 61.9 Å². The minimum Gasteiger partial charge on any atom is -0.465 e. The highest BCUT2D eigenvalue weighted by Gasteiger charge is 2.51. The number of H-pyrrole nitrogens is 1. The molecule has 1 N–H and O–H groups in total. The predicted molar refractivity (Wildman–Crippen MR) is 176 cm³/mol. The van der Waals surface area contributed by atoms with Crippen LogP contribution in [0.2, 0.25) is 5.02 Å². The van der Waals surface area contributed by atoms with Gasteiger partial charge in [0.05, 0.1) is 13.3 Å². The normalized spacial score (nSPS) is 19.4. The summed E-state index contributed by atoms with van der Waals surface area (Å²) < 4.78 is 11.4. The summed E-state index contributed by atoms with van der Waals surface area (Å²) in [6.45, 7) is 8.65. The number of allylic oxidation sites excluding steroid dienone is 1. The van der Waals surface area contributed by atoms with Crippen molar-refractivity contribution in [2.75, 3.05) is 38.2 Å². The number of benzene rings is 2. The standard InChI is InChI=1S/C36H39ClN4O3/c1-35(2)12-10-26(31(20-35)24-4-6-27(37)7-5-24)22-41-17-16-40(23-36(41)13-14-36)28-8-9-30(34(42)43-3)32(19-28)44-29-18-25-11-15-38-33(25)39-21-29/h4-9,11,15,18-19,21H,10,12-14,16-17,20,22-23H2,1-3H3,(H,38,39). The number of esters is 1. The van der Waals surface area contributed by atoms with E-state index in [0.717, 1.165) is 60.8 Å². The van der Waals surface area contributed by atoms with Crippen molar-refractivity contribution in [3.63, 3.8) is 0 Å². The third kappa shape index (κ3) is 5.71. The number of hydrogen-bond donors (Lipinski definition) is 1. The van der Waals surface area contributed by atoms with E-state index in [1.807, 2.05) is 48.7 Å². The molecule has 228 valence electrons. The summed E-state index contributed by atoms with van der Waals surface area (Å²) in [5.41, 5.74) is 7.11. The molecule has 2 aromatic heterocycles. The number of fused-ring (bicyclic) bond motifs is 1. The molecule has 1 saturated heterocycles. The van der Waals surface area contributed by atoms with E-state index in [1.165, 1.54) is 37.5 Å². The molecule has 2 aromatic carbocycles. The summed E-state index contributed by atoms with van der Waals surface area (Å²) in [5, 5.41) is 1.73. The van der Waals surface area contributed by atoms with E-state index in [-0.39, 0.29) is 5.54 Å². The number of nitrogens with zero attached hydrogens (tertiary/aromatic N) is 3. The quantitative estimate of drug-likeness (QED) is 0.213. The molecular weight excluding hydrogens is 572 g/mol. The van der Waals surface area contributed by atoms with Gasteiger partial charge in [-0.15, -0.1) is 0 Å². The fraction of sp³-hybridized carbons (Fsp3) is 0.389. The van der Waals surface area contributed by atoms with Gasteiger partial charge in [-0.25, -0.2) is 9.78 Å². The van der Waals surface area contributed by atoms with E-state index < -0.39 is 5.97 Å². The minimum absolute atomic E-state index is 0.175. The number of pyridine rings is 1. The Kier molecular flexibility index (Phi) is 7.42. The van der Waals surface area contributed by atoms with Crippen molar-refractivity contribution >= 4 is 39.9 Å². The van der Waals surface area contributed by atoms with Crippen LogP contribution >= 0.6 is 11.6 Å². The average molecular weight is 611 g/mol. The highest BCUT2D eigenvalue weighted by Crippen LogP contribution is 2.48. The second-order valence-electron chi connectivity index (χ2n) is 13.4. The van der Waals surface area contributed by atoms with E-state index in [0.29, 0.717) is 22.5 Å². The maximum absolute atomic E-state index is 12.7. The first-order chi connectivity index (χ1) is 21.2. The van der Waals surface area contributed by atoms with Crippen LogP contribution in [0.15, 0.2) is 72.6 Å². The third-order valence-electron chi connectivity index (χ3n) is 9.72. The Balaban J connectivity index is 1.13. The Labute approximate surface area is 263 Å². The van der Waals surface area contributed by atoms with Gasteiger partial charge >= 0.3 is 5.97 Å². The number of anilines is 1. The molecule has 4 aromatic rings. The lowest BCUT2D eigenvalue weighted by atomic mass is 9.72. The lowest BCUT2D eigenvalue weighted by Crippen LogP contribution is -2.55. The lowest BCUT2D eigenvalue weighted by Gasteiger charge is -2.45. The molecule has 3 heterocycles. The van der Waals surface area contributed by atoms with Gasteiger partial charge in [0.2, 0.25) is 0 Å². The second kappa shape index (κ2) is 11.3. The van der Waals surface area contributed by atoms with Crippen molar-refractivity contribution in [2.45, 2.75) is 51.5 Å². The lowest BCUT2D eigenvalue weighted by molar-refractivity contribution is 0.0598. The first kappa shape index (κ1) is 28.9. The Morgan fingerprint density at radius 1 is 1.05 bits per heavy atom. The number of methoxy groups -OCH3 is 1. The predicted octanol–water partition coefficient (Wildman–Crippen LogP) is 8.11. The highest BCUT2D eigenvalue weighted by molar-refractivity contribution is 6.30. The van der Waals surface area contributed by atoms with Gasteiger partial charge in [-0.3, -0.25) is 4.90 Å². The van der Waals surface area contributed by atoms with Gasteiger partial charge in [-0.2, -0.15) is 0 Å². The zero-order valence-electron chi connectivity index (χ0n) is 25.7. The maximum atomic E-state index is 12.7. The summed E-state index contributed by atoms with van der Waals surface area (Å²) in [5.74, 6) is 0.621. The third-order valence-corrected chi connectivity index (χ3v) is 9.97. The largest absolute Gasteiger partial charge is 0.465 e. The SMILES string of the molecule is COC(=O)c1ccc(N2CCN(CC3=C(c4ccc(Cl)cc4)CC(C)(C)CC3)C3(CC3)C2)cc1Oc1cnc2[nH]ccc2c1. The van der Waals surface area contributed by atoms with Crippen LogP contribution in [-0.2, 0) is 4.74 Å². The van der Waals surface area contributed by atoms with Gasteiger partial charge in [0.15, 0.2) is 0 Å². The molecule has 0 radical (unpaired) electrons. The molecule has 0 amide bonds. The van der Waals surface area contributed by atoms with Crippen molar-refractivity contribution in [3.05, 3.63) is 88.7 Å². The first-order valence-corrected chi connectivity index (χ1v) is 15.9. The van der Waals surface area contributed by atoms with Gasteiger partial charge < -0.3 is 19.4 Å². The van der Waals surface area contributed by atoms with Gasteiger partial charge in [-0.1, -0.05) is 43.2 Å². The minimum atomic E-state index is -0.425. The Morgan fingerprint density at radius 2 is 1.86 bits per heavy atom.